The Labute approximate surface area is 106 Å². The molecule has 90 valence electrons. The van der Waals surface area contributed by atoms with Crippen LogP contribution in [0, 0.1) is 18.8 Å². The standard InChI is InChI=1S/C12H20BrN3/c1-8(10-4-5-10)6-14-7-11-12(13)9(2)15-16(11)3/h8,10,14H,4-7H2,1-3H3. The molecule has 1 fully saturated rings. The zero-order valence-corrected chi connectivity index (χ0v) is 11.8. The maximum absolute atomic E-state index is 4.39. The molecule has 1 N–H and O–H groups in total. The van der Waals surface area contributed by atoms with Crippen LogP contribution in [0.25, 0.3) is 0 Å². The number of nitrogens with one attached hydrogen (secondary N) is 1. The molecule has 0 bridgehead atoms. The lowest BCUT2D eigenvalue weighted by Gasteiger charge is -2.11. The van der Waals surface area contributed by atoms with Gasteiger partial charge in [0.15, 0.2) is 0 Å². The van der Waals surface area contributed by atoms with Crippen molar-refractivity contribution in [2.45, 2.75) is 33.2 Å². The second-order valence-corrected chi connectivity index (χ2v) is 5.71. The van der Waals surface area contributed by atoms with Gasteiger partial charge >= 0.3 is 0 Å². The van der Waals surface area contributed by atoms with E-state index in [4.69, 9.17) is 0 Å². The number of aryl methyl sites for hydroxylation is 2. The Hall–Kier alpha value is -0.350. The van der Waals surface area contributed by atoms with Crippen LogP contribution in [0.5, 0.6) is 0 Å². The minimum atomic E-state index is 0.813. The molecule has 1 aromatic heterocycles. The van der Waals surface area contributed by atoms with Crippen molar-refractivity contribution in [1.82, 2.24) is 15.1 Å². The average molecular weight is 286 g/mol. The van der Waals surface area contributed by atoms with E-state index < -0.39 is 0 Å². The first-order valence-electron chi connectivity index (χ1n) is 5.98. The first-order valence-corrected chi connectivity index (χ1v) is 6.77. The first kappa shape index (κ1) is 12.1. The highest BCUT2D eigenvalue weighted by Crippen LogP contribution is 2.36. The van der Waals surface area contributed by atoms with Crippen LogP contribution >= 0.6 is 15.9 Å². The number of hydrogen-bond acceptors (Lipinski definition) is 2. The van der Waals surface area contributed by atoms with E-state index in [1.165, 1.54) is 18.5 Å². The summed E-state index contributed by atoms with van der Waals surface area (Å²) >= 11 is 3.59. The molecule has 1 atom stereocenters. The van der Waals surface area contributed by atoms with Gasteiger partial charge in [-0.1, -0.05) is 6.92 Å². The van der Waals surface area contributed by atoms with Gasteiger partial charge in [0, 0.05) is 13.6 Å². The van der Waals surface area contributed by atoms with Crippen molar-refractivity contribution >= 4 is 15.9 Å². The molecule has 0 radical (unpaired) electrons. The molecule has 3 nitrogen and oxygen atoms in total. The van der Waals surface area contributed by atoms with E-state index in [0.717, 1.165) is 35.1 Å². The predicted molar refractivity (Wildman–Crippen MR) is 69.2 cm³/mol. The Morgan fingerprint density at radius 2 is 2.25 bits per heavy atom. The number of aromatic nitrogens is 2. The summed E-state index contributed by atoms with van der Waals surface area (Å²) in [6.45, 7) is 6.38. The molecule has 1 aliphatic rings. The summed E-state index contributed by atoms with van der Waals surface area (Å²) in [6, 6.07) is 0. The third kappa shape index (κ3) is 2.66. The van der Waals surface area contributed by atoms with E-state index in [0.29, 0.717) is 0 Å². The van der Waals surface area contributed by atoms with Crippen molar-refractivity contribution < 1.29 is 0 Å². The van der Waals surface area contributed by atoms with Crippen molar-refractivity contribution in [3.05, 3.63) is 15.9 Å². The molecule has 1 aliphatic carbocycles. The molecule has 4 heteroatoms. The average Bonchev–Trinajstić information content (AvgIpc) is 3.02. The predicted octanol–water partition coefficient (Wildman–Crippen LogP) is 2.63. The van der Waals surface area contributed by atoms with E-state index in [1.807, 2.05) is 18.7 Å². The molecule has 1 unspecified atom stereocenters. The molecular formula is C12H20BrN3. The fourth-order valence-corrected chi connectivity index (χ4v) is 2.60. The summed E-state index contributed by atoms with van der Waals surface area (Å²) in [4.78, 5) is 0. The van der Waals surface area contributed by atoms with Crippen molar-refractivity contribution in [3.63, 3.8) is 0 Å². The number of hydrogen-bond donors (Lipinski definition) is 1. The third-order valence-electron chi connectivity index (χ3n) is 3.45. The summed E-state index contributed by atoms with van der Waals surface area (Å²) in [6.07, 6.45) is 2.86. The molecule has 0 saturated heterocycles. The minimum Gasteiger partial charge on any atom is -0.311 e. The summed E-state index contributed by atoms with van der Waals surface area (Å²) in [5.74, 6) is 1.79. The fraction of sp³-hybridized carbons (Fsp3) is 0.750. The lowest BCUT2D eigenvalue weighted by atomic mass is 10.1. The van der Waals surface area contributed by atoms with Crippen LogP contribution in [0.4, 0.5) is 0 Å². The maximum Gasteiger partial charge on any atom is 0.0739 e. The van der Waals surface area contributed by atoms with E-state index in [2.05, 4.69) is 33.3 Å². The van der Waals surface area contributed by atoms with Crippen LogP contribution in [0.15, 0.2) is 4.47 Å². The lowest BCUT2D eigenvalue weighted by molar-refractivity contribution is 0.455. The molecule has 0 spiro atoms. The van der Waals surface area contributed by atoms with Gasteiger partial charge in [-0.3, -0.25) is 4.68 Å². The van der Waals surface area contributed by atoms with Crippen LogP contribution in [-0.4, -0.2) is 16.3 Å². The van der Waals surface area contributed by atoms with E-state index >= 15 is 0 Å². The lowest BCUT2D eigenvalue weighted by Crippen LogP contribution is -2.23. The summed E-state index contributed by atoms with van der Waals surface area (Å²) in [7, 11) is 2.00. The number of halogens is 1. The normalized spacial score (nSPS) is 17.8. The van der Waals surface area contributed by atoms with Gasteiger partial charge in [-0.05, 0) is 54.1 Å². The van der Waals surface area contributed by atoms with Crippen molar-refractivity contribution in [2.75, 3.05) is 6.54 Å². The molecule has 1 aromatic rings. The van der Waals surface area contributed by atoms with Crippen LogP contribution in [0.2, 0.25) is 0 Å². The van der Waals surface area contributed by atoms with Gasteiger partial charge in [0.25, 0.3) is 0 Å². The molecule has 16 heavy (non-hydrogen) atoms. The Morgan fingerprint density at radius 3 is 2.75 bits per heavy atom. The van der Waals surface area contributed by atoms with Crippen molar-refractivity contribution in [1.29, 1.82) is 0 Å². The highest BCUT2D eigenvalue weighted by molar-refractivity contribution is 9.10. The zero-order chi connectivity index (χ0) is 11.7. The monoisotopic (exact) mass is 285 g/mol. The van der Waals surface area contributed by atoms with Gasteiger partial charge in [0.1, 0.15) is 0 Å². The Balaban J connectivity index is 1.84. The SMILES string of the molecule is Cc1nn(C)c(CNCC(C)C2CC2)c1Br. The van der Waals surface area contributed by atoms with Crippen LogP contribution in [0.3, 0.4) is 0 Å². The molecular weight excluding hydrogens is 266 g/mol. The summed E-state index contributed by atoms with van der Waals surface area (Å²) < 4.78 is 3.09. The first-order chi connectivity index (χ1) is 7.59. The molecule has 2 rings (SSSR count). The summed E-state index contributed by atoms with van der Waals surface area (Å²) in [5.41, 5.74) is 2.30. The molecule has 1 heterocycles. The maximum atomic E-state index is 4.39. The topological polar surface area (TPSA) is 29.9 Å². The smallest absolute Gasteiger partial charge is 0.0739 e. The highest BCUT2D eigenvalue weighted by atomic mass is 79.9. The molecule has 0 amide bonds. The third-order valence-corrected chi connectivity index (χ3v) is 4.48. The second kappa shape index (κ2) is 4.88. The van der Waals surface area contributed by atoms with E-state index in [9.17, 15) is 0 Å². The highest BCUT2D eigenvalue weighted by Gasteiger charge is 2.27. The van der Waals surface area contributed by atoms with Crippen LogP contribution < -0.4 is 5.32 Å². The summed E-state index contributed by atoms with van der Waals surface area (Å²) in [5, 5.41) is 7.91. The zero-order valence-electron chi connectivity index (χ0n) is 10.3. The van der Waals surface area contributed by atoms with E-state index in [1.54, 1.807) is 0 Å². The van der Waals surface area contributed by atoms with E-state index in [-0.39, 0.29) is 0 Å². The van der Waals surface area contributed by atoms with Crippen molar-refractivity contribution in [3.8, 4) is 0 Å². The van der Waals surface area contributed by atoms with Gasteiger partial charge in [0.2, 0.25) is 0 Å². The Morgan fingerprint density at radius 1 is 1.56 bits per heavy atom. The Kier molecular flexibility index (Phi) is 3.70. The largest absolute Gasteiger partial charge is 0.311 e. The fourth-order valence-electron chi connectivity index (χ4n) is 2.12. The van der Waals surface area contributed by atoms with Crippen LogP contribution in [0.1, 0.15) is 31.2 Å². The van der Waals surface area contributed by atoms with Crippen molar-refractivity contribution in [2.24, 2.45) is 18.9 Å². The number of rotatable bonds is 5. The van der Waals surface area contributed by atoms with Gasteiger partial charge in [-0.25, -0.2) is 0 Å². The quantitative estimate of drug-likeness (QED) is 0.901. The van der Waals surface area contributed by atoms with Crippen LogP contribution in [-0.2, 0) is 13.6 Å². The van der Waals surface area contributed by atoms with Gasteiger partial charge < -0.3 is 5.32 Å². The molecule has 0 aromatic carbocycles. The molecule has 1 saturated carbocycles. The van der Waals surface area contributed by atoms with Gasteiger partial charge in [-0.15, -0.1) is 0 Å². The molecule has 0 aliphatic heterocycles. The minimum absolute atomic E-state index is 0.813. The second-order valence-electron chi connectivity index (χ2n) is 4.92. The van der Waals surface area contributed by atoms with Gasteiger partial charge in [-0.2, -0.15) is 5.10 Å². The Bertz CT molecular complexity index is 369. The number of nitrogens with zero attached hydrogens (tertiary/aromatic N) is 2. The van der Waals surface area contributed by atoms with Gasteiger partial charge in [0.05, 0.1) is 15.9 Å².